The number of benzene rings is 1. The summed E-state index contributed by atoms with van der Waals surface area (Å²) in [4.78, 5) is 2.66. The molecule has 3 nitrogen and oxygen atoms in total. The highest BCUT2D eigenvalue weighted by Gasteiger charge is 2.31. The van der Waals surface area contributed by atoms with Gasteiger partial charge in [0, 0.05) is 30.2 Å². The van der Waals surface area contributed by atoms with Crippen LogP contribution in [0.25, 0.3) is 0 Å². The second-order valence-electron chi connectivity index (χ2n) is 5.77. The van der Waals surface area contributed by atoms with Crippen molar-refractivity contribution in [1.82, 2.24) is 10.2 Å². The van der Waals surface area contributed by atoms with Crippen LogP contribution in [0.15, 0.2) is 24.3 Å². The smallest absolute Gasteiger partial charge is 0.123 e. The SMILES string of the molecule is CCC1CCC(C)N1CC(NC)c1ccccc1OC. The van der Waals surface area contributed by atoms with Crippen molar-refractivity contribution in [1.29, 1.82) is 0 Å². The zero-order valence-corrected chi connectivity index (χ0v) is 13.2. The van der Waals surface area contributed by atoms with E-state index in [1.54, 1.807) is 7.11 Å². The third-order valence-corrected chi connectivity index (χ3v) is 4.68. The molecule has 0 radical (unpaired) electrons. The van der Waals surface area contributed by atoms with Gasteiger partial charge in [-0.3, -0.25) is 4.90 Å². The van der Waals surface area contributed by atoms with Gasteiger partial charge in [-0.25, -0.2) is 0 Å². The second-order valence-corrected chi connectivity index (χ2v) is 5.77. The Labute approximate surface area is 123 Å². The Bertz CT molecular complexity index is 421. The number of para-hydroxylation sites is 1. The molecule has 1 heterocycles. The molecule has 1 saturated heterocycles. The fourth-order valence-electron chi connectivity index (χ4n) is 3.40. The fourth-order valence-corrected chi connectivity index (χ4v) is 3.40. The Morgan fingerprint density at radius 2 is 2.10 bits per heavy atom. The van der Waals surface area contributed by atoms with Gasteiger partial charge in [-0.15, -0.1) is 0 Å². The first-order chi connectivity index (χ1) is 9.71. The standard InChI is InChI=1S/C17H28N2O/c1-5-14-11-10-13(2)19(14)12-16(18-3)15-8-6-7-9-17(15)20-4/h6-9,13-14,16,18H,5,10-12H2,1-4H3. The van der Waals surface area contributed by atoms with E-state index in [9.17, 15) is 0 Å². The molecule has 0 bridgehead atoms. The Kier molecular flexibility index (Phi) is 5.44. The monoisotopic (exact) mass is 276 g/mol. The first-order valence-electron chi connectivity index (χ1n) is 7.77. The molecule has 3 heteroatoms. The highest BCUT2D eigenvalue weighted by molar-refractivity contribution is 5.36. The molecular weight excluding hydrogens is 248 g/mol. The van der Waals surface area contributed by atoms with Crippen LogP contribution in [0, 0.1) is 0 Å². The van der Waals surface area contributed by atoms with Crippen LogP contribution in [0.3, 0.4) is 0 Å². The van der Waals surface area contributed by atoms with Gasteiger partial charge in [0.15, 0.2) is 0 Å². The average molecular weight is 276 g/mol. The van der Waals surface area contributed by atoms with Gasteiger partial charge < -0.3 is 10.1 Å². The van der Waals surface area contributed by atoms with Crippen LogP contribution in [0.5, 0.6) is 5.75 Å². The van der Waals surface area contributed by atoms with Crippen LogP contribution in [0.4, 0.5) is 0 Å². The van der Waals surface area contributed by atoms with Crippen LogP contribution >= 0.6 is 0 Å². The predicted molar refractivity (Wildman–Crippen MR) is 84.3 cm³/mol. The van der Waals surface area contributed by atoms with E-state index in [1.807, 2.05) is 19.2 Å². The molecule has 2 rings (SSSR count). The van der Waals surface area contributed by atoms with Crippen LogP contribution in [0.2, 0.25) is 0 Å². The zero-order valence-electron chi connectivity index (χ0n) is 13.2. The lowest BCUT2D eigenvalue weighted by molar-refractivity contribution is 0.178. The van der Waals surface area contributed by atoms with Crippen molar-refractivity contribution in [2.45, 2.75) is 51.2 Å². The quantitative estimate of drug-likeness (QED) is 0.863. The molecule has 1 aromatic rings. The molecule has 1 aromatic carbocycles. The molecule has 0 spiro atoms. The first kappa shape index (κ1) is 15.3. The molecule has 1 N–H and O–H groups in total. The minimum absolute atomic E-state index is 0.320. The van der Waals surface area contributed by atoms with E-state index in [4.69, 9.17) is 4.74 Å². The maximum atomic E-state index is 5.51. The normalized spacial score (nSPS) is 24.8. The molecule has 0 aromatic heterocycles. The average Bonchev–Trinajstić information content (AvgIpc) is 2.85. The van der Waals surface area contributed by atoms with E-state index in [2.05, 4.69) is 36.2 Å². The van der Waals surface area contributed by atoms with Gasteiger partial charge in [-0.2, -0.15) is 0 Å². The third-order valence-electron chi connectivity index (χ3n) is 4.68. The van der Waals surface area contributed by atoms with Gasteiger partial charge in [0.1, 0.15) is 5.75 Å². The van der Waals surface area contributed by atoms with E-state index in [0.717, 1.165) is 18.3 Å². The maximum Gasteiger partial charge on any atom is 0.123 e. The predicted octanol–water partition coefficient (Wildman–Crippen LogP) is 3.22. The maximum absolute atomic E-state index is 5.51. The van der Waals surface area contributed by atoms with E-state index in [0.29, 0.717) is 12.1 Å². The fraction of sp³-hybridized carbons (Fsp3) is 0.647. The lowest BCUT2D eigenvalue weighted by atomic mass is 10.0. The van der Waals surface area contributed by atoms with Gasteiger partial charge >= 0.3 is 0 Å². The summed E-state index contributed by atoms with van der Waals surface area (Å²) in [5.74, 6) is 0.978. The third kappa shape index (κ3) is 3.15. The number of methoxy groups -OCH3 is 1. The van der Waals surface area contributed by atoms with Crippen molar-refractivity contribution < 1.29 is 4.74 Å². The van der Waals surface area contributed by atoms with Gasteiger partial charge in [0.2, 0.25) is 0 Å². The lowest BCUT2D eigenvalue weighted by Gasteiger charge is -2.32. The van der Waals surface area contributed by atoms with Crippen LogP contribution < -0.4 is 10.1 Å². The van der Waals surface area contributed by atoms with Crippen molar-refractivity contribution in [2.75, 3.05) is 20.7 Å². The molecule has 0 amide bonds. The summed E-state index contributed by atoms with van der Waals surface area (Å²) in [6.07, 6.45) is 3.90. The number of hydrogen-bond acceptors (Lipinski definition) is 3. The molecule has 3 unspecified atom stereocenters. The highest BCUT2D eigenvalue weighted by Crippen LogP contribution is 2.31. The number of likely N-dealkylation sites (N-methyl/N-ethyl adjacent to an activating group) is 1. The van der Waals surface area contributed by atoms with Gasteiger partial charge in [-0.1, -0.05) is 25.1 Å². The highest BCUT2D eigenvalue weighted by atomic mass is 16.5. The summed E-state index contributed by atoms with van der Waals surface area (Å²) in [6.45, 7) is 5.70. The molecule has 1 aliphatic rings. The van der Waals surface area contributed by atoms with Crippen LogP contribution in [-0.2, 0) is 0 Å². The van der Waals surface area contributed by atoms with E-state index in [1.165, 1.54) is 24.8 Å². The molecule has 112 valence electrons. The summed E-state index contributed by atoms with van der Waals surface area (Å²) >= 11 is 0. The van der Waals surface area contributed by atoms with E-state index >= 15 is 0 Å². The minimum atomic E-state index is 0.320. The molecule has 1 fully saturated rings. The van der Waals surface area contributed by atoms with Crippen molar-refractivity contribution in [2.24, 2.45) is 0 Å². The Morgan fingerprint density at radius 3 is 2.75 bits per heavy atom. The number of hydrogen-bond donors (Lipinski definition) is 1. The molecular formula is C17H28N2O. The summed E-state index contributed by atoms with van der Waals surface area (Å²) in [5, 5.41) is 3.46. The largest absolute Gasteiger partial charge is 0.496 e. The second kappa shape index (κ2) is 7.09. The Morgan fingerprint density at radius 1 is 1.35 bits per heavy atom. The minimum Gasteiger partial charge on any atom is -0.496 e. The number of likely N-dealkylation sites (tertiary alicyclic amines) is 1. The van der Waals surface area contributed by atoms with Crippen molar-refractivity contribution >= 4 is 0 Å². The molecule has 3 atom stereocenters. The van der Waals surface area contributed by atoms with Crippen molar-refractivity contribution in [3.63, 3.8) is 0 Å². The number of nitrogens with zero attached hydrogens (tertiary/aromatic N) is 1. The van der Waals surface area contributed by atoms with Crippen LogP contribution in [0.1, 0.15) is 44.7 Å². The Balaban J connectivity index is 2.16. The number of ether oxygens (including phenoxy) is 1. The molecule has 0 aliphatic carbocycles. The summed E-state index contributed by atoms with van der Waals surface area (Å²) < 4.78 is 5.51. The zero-order chi connectivity index (χ0) is 14.5. The number of rotatable bonds is 6. The van der Waals surface area contributed by atoms with Crippen LogP contribution in [-0.4, -0.2) is 37.7 Å². The molecule has 0 saturated carbocycles. The van der Waals surface area contributed by atoms with Gasteiger partial charge in [0.05, 0.1) is 7.11 Å². The lowest BCUT2D eigenvalue weighted by Crippen LogP contribution is -2.40. The topological polar surface area (TPSA) is 24.5 Å². The van der Waals surface area contributed by atoms with Gasteiger partial charge in [0.25, 0.3) is 0 Å². The molecule has 1 aliphatic heterocycles. The van der Waals surface area contributed by atoms with E-state index < -0.39 is 0 Å². The first-order valence-corrected chi connectivity index (χ1v) is 7.77. The Hall–Kier alpha value is -1.06. The molecule has 20 heavy (non-hydrogen) atoms. The summed E-state index contributed by atoms with van der Waals surface area (Å²) in [7, 11) is 3.79. The van der Waals surface area contributed by atoms with Gasteiger partial charge in [-0.05, 0) is 39.3 Å². The summed E-state index contributed by atoms with van der Waals surface area (Å²) in [5.41, 5.74) is 1.26. The summed E-state index contributed by atoms with van der Waals surface area (Å²) in [6, 6.07) is 10.1. The van der Waals surface area contributed by atoms with Crippen molar-refractivity contribution in [3.8, 4) is 5.75 Å². The van der Waals surface area contributed by atoms with E-state index in [-0.39, 0.29) is 0 Å². The van der Waals surface area contributed by atoms with Crippen molar-refractivity contribution in [3.05, 3.63) is 29.8 Å². The number of nitrogens with one attached hydrogen (secondary N) is 1.